The summed E-state index contributed by atoms with van der Waals surface area (Å²) in [7, 11) is 0. The zero-order valence-corrected chi connectivity index (χ0v) is 14.5. The summed E-state index contributed by atoms with van der Waals surface area (Å²) in [5.41, 5.74) is 6.55. The number of ether oxygens (including phenoxy) is 1. The average Bonchev–Trinajstić information content (AvgIpc) is 3.16. The zero-order valence-electron chi connectivity index (χ0n) is 12.3. The number of aromatic nitrogens is 4. The largest absolute Gasteiger partial charge is 0.387 e. The predicted octanol–water partition coefficient (Wildman–Crippen LogP) is -1.09. The van der Waals surface area contributed by atoms with Crippen molar-refractivity contribution in [2.45, 2.75) is 43.4 Å². The molecule has 0 aromatic carbocycles. The summed E-state index contributed by atoms with van der Waals surface area (Å²) in [5, 5.41) is 23.3. The standard InChI is InChI=1S/C13H15IN6O4/c14-13-18-9(15)5-10(19-13)20(3-16-5)12-7(22)6(21)8(24-12)11(23)17-4-1-2-4/h3-4,6-8,12,21-22H,1-2H2,(H,17,23)(H2,15,18,19). The Morgan fingerprint density at radius 1 is 1.38 bits per heavy atom. The van der Waals surface area contributed by atoms with E-state index in [1.165, 1.54) is 10.9 Å². The van der Waals surface area contributed by atoms with Gasteiger partial charge in [-0.15, -0.1) is 0 Å². The van der Waals surface area contributed by atoms with Crippen LogP contribution in [0.1, 0.15) is 19.1 Å². The molecule has 1 aliphatic carbocycles. The van der Waals surface area contributed by atoms with E-state index in [1.807, 2.05) is 22.6 Å². The third-order valence-electron chi connectivity index (χ3n) is 4.12. The van der Waals surface area contributed by atoms with Crippen LogP contribution in [0.15, 0.2) is 6.33 Å². The number of nitrogen functional groups attached to an aromatic ring is 1. The molecule has 4 atom stereocenters. The number of aliphatic hydroxyl groups is 2. The van der Waals surface area contributed by atoms with E-state index >= 15 is 0 Å². The van der Waals surface area contributed by atoms with Crippen molar-refractivity contribution in [2.75, 3.05) is 5.73 Å². The van der Waals surface area contributed by atoms with Crippen LogP contribution in [0.4, 0.5) is 5.82 Å². The van der Waals surface area contributed by atoms with Gasteiger partial charge in [-0.2, -0.15) is 0 Å². The first-order valence-electron chi connectivity index (χ1n) is 7.43. The molecular formula is C13H15IN6O4. The van der Waals surface area contributed by atoms with Gasteiger partial charge in [0.2, 0.25) is 0 Å². The molecule has 1 saturated heterocycles. The molecule has 1 amide bonds. The normalized spacial score (nSPS) is 30.0. The highest BCUT2D eigenvalue weighted by Crippen LogP contribution is 2.33. The summed E-state index contributed by atoms with van der Waals surface area (Å²) < 4.78 is 7.48. The zero-order chi connectivity index (χ0) is 17.0. The smallest absolute Gasteiger partial charge is 0.252 e. The number of hydrogen-bond acceptors (Lipinski definition) is 8. The van der Waals surface area contributed by atoms with Crippen LogP contribution < -0.4 is 11.1 Å². The number of aliphatic hydroxyl groups excluding tert-OH is 2. The summed E-state index contributed by atoms with van der Waals surface area (Å²) >= 11 is 1.91. The first-order valence-corrected chi connectivity index (χ1v) is 8.51. The Labute approximate surface area is 149 Å². The van der Waals surface area contributed by atoms with Crippen LogP contribution >= 0.6 is 22.6 Å². The van der Waals surface area contributed by atoms with Gasteiger partial charge in [0, 0.05) is 28.6 Å². The number of carbonyl (C=O) groups is 1. The van der Waals surface area contributed by atoms with Gasteiger partial charge in [0.05, 0.1) is 6.33 Å². The Morgan fingerprint density at radius 3 is 2.83 bits per heavy atom. The molecule has 0 spiro atoms. The SMILES string of the molecule is Nc1nc(I)nc2c1ncn2C1OC(C(=O)NC2CC2)C(O)C1O. The van der Waals surface area contributed by atoms with Crippen LogP contribution in [-0.2, 0) is 9.53 Å². The monoisotopic (exact) mass is 446 g/mol. The summed E-state index contributed by atoms with van der Waals surface area (Å²) in [5.74, 6) is -0.223. The molecule has 1 saturated carbocycles. The lowest BCUT2D eigenvalue weighted by Gasteiger charge is -2.16. The number of nitrogens with two attached hydrogens (primary N) is 1. The van der Waals surface area contributed by atoms with Crippen molar-refractivity contribution in [1.82, 2.24) is 24.8 Å². The van der Waals surface area contributed by atoms with Gasteiger partial charge in [0.1, 0.15) is 17.7 Å². The molecule has 24 heavy (non-hydrogen) atoms. The molecule has 1 aliphatic heterocycles. The van der Waals surface area contributed by atoms with E-state index in [1.54, 1.807) is 0 Å². The van der Waals surface area contributed by atoms with Crippen molar-refractivity contribution in [2.24, 2.45) is 0 Å². The highest BCUT2D eigenvalue weighted by molar-refractivity contribution is 14.1. The number of imidazole rings is 1. The lowest BCUT2D eigenvalue weighted by atomic mass is 10.1. The topological polar surface area (TPSA) is 148 Å². The van der Waals surface area contributed by atoms with E-state index in [0.717, 1.165) is 12.8 Å². The van der Waals surface area contributed by atoms with Crippen LogP contribution in [0, 0.1) is 3.83 Å². The number of nitrogens with one attached hydrogen (secondary N) is 1. The fraction of sp³-hybridized carbons (Fsp3) is 0.538. The second-order valence-corrected chi connectivity index (χ2v) is 6.88. The minimum atomic E-state index is -1.34. The molecule has 2 fully saturated rings. The maximum atomic E-state index is 12.2. The number of halogens is 1. The van der Waals surface area contributed by atoms with Gasteiger partial charge in [-0.1, -0.05) is 0 Å². The molecule has 3 heterocycles. The minimum absolute atomic E-state index is 0.132. The van der Waals surface area contributed by atoms with Crippen molar-refractivity contribution in [1.29, 1.82) is 0 Å². The van der Waals surface area contributed by atoms with Crippen molar-refractivity contribution in [3.05, 3.63) is 10.2 Å². The van der Waals surface area contributed by atoms with Crippen LogP contribution in [0.25, 0.3) is 11.2 Å². The Kier molecular flexibility index (Phi) is 3.82. The maximum Gasteiger partial charge on any atom is 0.252 e. The number of rotatable bonds is 3. The fourth-order valence-electron chi connectivity index (χ4n) is 2.71. The number of fused-ring (bicyclic) bond motifs is 1. The van der Waals surface area contributed by atoms with E-state index in [-0.39, 0.29) is 11.9 Å². The van der Waals surface area contributed by atoms with Crippen molar-refractivity contribution in [3.63, 3.8) is 0 Å². The van der Waals surface area contributed by atoms with Gasteiger partial charge in [-0.05, 0) is 12.8 Å². The Balaban J connectivity index is 1.65. The molecule has 2 aromatic heterocycles. The third kappa shape index (κ3) is 2.60. The van der Waals surface area contributed by atoms with E-state index in [4.69, 9.17) is 10.5 Å². The number of amides is 1. The van der Waals surface area contributed by atoms with Gasteiger partial charge < -0.3 is 26.0 Å². The van der Waals surface area contributed by atoms with Crippen LogP contribution in [-0.4, -0.2) is 60.0 Å². The molecule has 2 aliphatic rings. The highest BCUT2D eigenvalue weighted by atomic mass is 127. The highest BCUT2D eigenvalue weighted by Gasteiger charge is 2.48. The van der Waals surface area contributed by atoms with Gasteiger partial charge in [-0.25, -0.2) is 15.0 Å². The molecule has 128 valence electrons. The number of anilines is 1. The average molecular weight is 446 g/mol. The van der Waals surface area contributed by atoms with Crippen molar-refractivity contribution < 1.29 is 19.7 Å². The predicted molar refractivity (Wildman–Crippen MR) is 89.5 cm³/mol. The van der Waals surface area contributed by atoms with E-state index in [0.29, 0.717) is 15.0 Å². The second kappa shape index (κ2) is 5.75. The van der Waals surface area contributed by atoms with E-state index in [2.05, 4.69) is 20.3 Å². The van der Waals surface area contributed by atoms with Crippen LogP contribution in [0.5, 0.6) is 0 Å². The number of carbonyl (C=O) groups excluding carboxylic acids is 1. The Morgan fingerprint density at radius 2 is 2.12 bits per heavy atom. The molecule has 0 bridgehead atoms. The first-order chi connectivity index (χ1) is 11.5. The van der Waals surface area contributed by atoms with E-state index < -0.39 is 30.4 Å². The van der Waals surface area contributed by atoms with Crippen LogP contribution in [0.3, 0.4) is 0 Å². The quantitative estimate of drug-likeness (QED) is 0.344. The molecule has 10 nitrogen and oxygen atoms in total. The molecule has 0 radical (unpaired) electrons. The van der Waals surface area contributed by atoms with Gasteiger partial charge >= 0.3 is 0 Å². The molecule has 4 rings (SSSR count). The molecular weight excluding hydrogens is 431 g/mol. The van der Waals surface area contributed by atoms with Gasteiger partial charge in [0.15, 0.2) is 27.6 Å². The third-order valence-corrected chi connectivity index (χ3v) is 4.60. The Bertz CT molecular complexity index is 809. The Hall–Kier alpha value is -1.57. The second-order valence-electron chi connectivity index (χ2n) is 5.91. The number of nitrogens with zero attached hydrogens (tertiary/aromatic N) is 4. The summed E-state index contributed by atoms with van der Waals surface area (Å²) in [6.45, 7) is 0. The lowest BCUT2D eigenvalue weighted by molar-refractivity contribution is -0.137. The number of hydrogen-bond donors (Lipinski definition) is 4. The summed E-state index contributed by atoms with van der Waals surface area (Å²) in [6.07, 6.45) is -1.56. The molecule has 5 N–H and O–H groups in total. The lowest BCUT2D eigenvalue weighted by Crippen LogP contribution is -2.43. The maximum absolute atomic E-state index is 12.2. The van der Waals surface area contributed by atoms with Crippen molar-refractivity contribution >= 4 is 45.5 Å². The molecule has 11 heteroatoms. The fourth-order valence-corrected chi connectivity index (χ4v) is 3.20. The molecule has 2 aromatic rings. The van der Waals surface area contributed by atoms with Crippen molar-refractivity contribution in [3.8, 4) is 0 Å². The molecule has 4 unspecified atom stereocenters. The van der Waals surface area contributed by atoms with E-state index in [9.17, 15) is 15.0 Å². The van der Waals surface area contributed by atoms with Crippen LogP contribution in [0.2, 0.25) is 0 Å². The summed E-state index contributed by atoms with van der Waals surface area (Å²) in [6, 6.07) is 0.132. The summed E-state index contributed by atoms with van der Waals surface area (Å²) in [4.78, 5) is 24.6. The first kappa shape index (κ1) is 15.9. The van der Waals surface area contributed by atoms with Gasteiger partial charge in [0.25, 0.3) is 5.91 Å². The van der Waals surface area contributed by atoms with Gasteiger partial charge in [-0.3, -0.25) is 9.36 Å². The minimum Gasteiger partial charge on any atom is -0.387 e.